The molecule has 0 spiro atoms. The molecule has 2 fully saturated rings. The second-order valence-electron chi connectivity index (χ2n) is 6.63. The van der Waals surface area contributed by atoms with E-state index in [-0.39, 0.29) is 5.91 Å². The van der Waals surface area contributed by atoms with Crippen molar-refractivity contribution in [3.63, 3.8) is 0 Å². The van der Waals surface area contributed by atoms with E-state index < -0.39 is 5.60 Å². The van der Waals surface area contributed by atoms with E-state index >= 15 is 0 Å². The molecule has 5 heteroatoms. The van der Waals surface area contributed by atoms with Crippen LogP contribution in [0.3, 0.4) is 0 Å². The van der Waals surface area contributed by atoms with Crippen molar-refractivity contribution in [1.29, 1.82) is 0 Å². The molecule has 1 aromatic carbocycles. The molecule has 2 saturated heterocycles. The monoisotopic (exact) mass is 318 g/mol. The van der Waals surface area contributed by atoms with Gasteiger partial charge in [0.2, 0.25) is 5.91 Å². The summed E-state index contributed by atoms with van der Waals surface area (Å²) in [6.07, 6.45) is 3.55. The number of benzene rings is 1. The molecule has 1 N–H and O–H groups in total. The van der Waals surface area contributed by atoms with Crippen LogP contribution in [0.15, 0.2) is 24.3 Å². The average Bonchev–Trinajstić information content (AvgIpc) is 3.12. The summed E-state index contributed by atoms with van der Waals surface area (Å²) in [7, 11) is 1.63. The quantitative estimate of drug-likeness (QED) is 0.916. The van der Waals surface area contributed by atoms with E-state index in [0.29, 0.717) is 19.4 Å². The van der Waals surface area contributed by atoms with E-state index in [9.17, 15) is 9.90 Å². The number of methoxy groups -OCH3 is 1. The molecule has 0 aliphatic carbocycles. The second-order valence-corrected chi connectivity index (χ2v) is 6.63. The molecule has 2 aliphatic rings. The van der Waals surface area contributed by atoms with Crippen LogP contribution in [0, 0.1) is 0 Å². The minimum absolute atomic E-state index is 0.231. The van der Waals surface area contributed by atoms with Gasteiger partial charge >= 0.3 is 0 Å². The van der Waals surface area contributed by atoms with E-state index in [1.807, 2.05) is 29.2 Å². The first-order valence-corrected chi connectivity index (χ1v) is 8.48. The van der Waals surface area contributed by atoms with Gasteiger partial charge in [0.05, 0.1) is 19.3 Å². The van der Waals surface area contributed by atoms with E-state index in [1.165, 1.54) is 0 Å². The van der Waals surface area contributed by atoms with E-state index in [0.717, 1.165) is 50.3 Å². The van der Waals surface area contributed by atoms with E-state index in [4.69, 9.17) is 4.74 Å². The number of aliphatic hydroxyl groups is 1. The lowest BCUT2D eigenvalue weighted by molar-refractivity contribution is -0.132. The first-order chi connectivity index (χ1) is 11.1. The highest BCUT2D eigenvalue weighted by Gasteiger charge is 2.35. The van der Waals surface area contributed by atoms with Gasteiger partial charge in [0.15, 0.2) is 0 Å². The maximum atomic E-state index is 12.2. The fourth-order valence-electron chi connectivity index (χ4n) is 3.54. The molecule has 1 aromatic rings. The third kappa shape index (κ3) is 3.67. The zero-order valence-electron chi connectivity index (χ0n) is 13.8. The van der Waals surface area contributed by atoms with Crippen molar-refractivity contribution in [1.82, 2.24) is 9.80 Å². The molecule has 0 saturated carbocycles. The Hall–Kier alpha value is -1.59. The predicted octanol–water partition coefficient (Wildman–Crippen LogP) is 1.60. The summed E-state index contributed by atoms with van der Waals surface area (Å²) >= 11 is 0. The smallest absolute Gasteiger partial charge is 0.236 e. The molecule has 0 radical (unpaired) electrons. The van der Waals surface area contributed by atoms with Gasteiger partial charge in [-0.3, -0.25) is 9.69 Å². The number of nitrogens with zero attached hydrogens (tertiary/aromatic N) is 2. The fraction of sp³-hybridized carbons (Fsp3) is 0.611. The lowest BCUT2D eigenvalue weighted by Crippen LogP contribution is -2.46. The van der Waals surface area contributed by atoms with Gasteiger partial charge in [-0.1, -0.05) is 12.1 Å². The standard InChI is InChI=1S/C18H26N2O3/c1-23-16-6-4-5-15(13-16)18(22)7-11-19(12-8-18)14-17(21)20-9-2-3-10-20/h4-6,13,22H,2-3,7-12,14H2,1H3. The second kappa shape index (κ2) is 6.89. The van der Waals surface area contributed by atoms with Crippen molar-refractivity contribution in [3.05, 3.63) is 29.8 Å². The Bertz CT molecular complexity index is 547. The molecule has 5 nitrogen and oxygen atoms in total. The normalized spacial score (nSPS) is 21.4. The number of piperidine rings is 1. The van der Waals surface area contributed by atoms with Gasteiger partial charge in [-0.15, -0.1) is 0 Å². The van der Waals surface area contributed by atoms with Crippen molar-refractivity contribution in [2.24, 2.45) is 0 Å². The molecule has 23 heavy (non-hydrogen) atoms. The lowest BCUT2D eigenvalue weighted by atomic mass is 9.84. The van der Waals surface area contributed by atoms with Crippen LogP contribution in [0.1, 0.15) is 31.2 Å². The van der Waals surface area contributed by atoms with Crippen molar-refractivity contribution in [2.45, 2.75) is 31.3 Å². The third-order valence-corrected chi connectivity index (χ3v) is 5.11. The van der Waals surface area contributed by atoms with Crippen LogP contribution >= 0.6 is 0 Å². The summed E-state index contributed by atoms with van der Waals surface area (Å²) in [5.74, 6) is 0.997. The topological polar surface area (TPSA) is 53.0 Å². The van der Waals surface area contributed by atoms with Gasteiger partial charge in [-0.25, -0.2) is 0 Å². The number of amides is 1. The number of rotatable bonds is 4. The first kappa shape index (κ1) is 16.3. The minimum atomic E-state index is -0.818. The zero-order chi connectivity index (χ0) is 16.3. The minimum Gasteiger partial charge on any atom is -0.497 e. The van der Waals surface area contributed by atoms with E-state index in [2.05, 4.69) is 4.90 Å². The summed E-state index contributed by atoms with van der Waals surface area (Å²) < 4.78 is 5.25. The van der Waals surface area contributed by atoms with Gasteiger partial charge in [0, 0.05) is 26.2 Å². The Morgan fingerprint density at radius 1 is 1.22 bits per heavy atom. The average molecular weight is 318 g/mol. The van der Waals surface area contributed by atoms with Gasteiger partial charge in [-0.2, -0.15) is 0 Å². The van der Waals surface area contributed by atoms with Crippen LogP contribution in [0.2, 0.25) is 0 Å². The Morgan fingerprint density at radius 3 is 2.57 bits per heavy atom. The highest BCUT2D eigenvalue weighted by molar-refractivity contribution is 5.78. The Kier molecular flexibility index (Phi) is 4.87. The zero-order valence-corrected chi connectivity index (χ0v) is 13.8. The molecule has 126 valence electrons. The molecule has 2 heterocycles. The van der Waals surface area contributed by atoms with E-state index in [1.54, 1.807) is 7.11 Å². The molecule has 0 aromatic heterocycles. The highest BCUT2D eigenvalue weighted by Crippen LogP contribution is 2.34. The summed E-state index contributed by atoms with van der Waals surface area (Å²) in [5.41, 5.74) is 0.0872. The van der Waals surface area contributed by atoms with Crippen LogP contribution < -0.4 is 4.74 Å². The maximum absolute atomic E-state index is 12.2. The van der Waals surface area contributed by atoms with Crippen molar-refractivity contribution in [3.8, 4) is 5.75 Å². The van der Waals surface area contributed by atoms with Gasteiger partial charge in [0.1, 0.15) is 5.75 Å². The number of ether oxygens (including phenoxy) is 1. The van der Waals surface area contributed by atoms with Crippen LogP contribution in [0.5, 0.6) is 5.75 Å². The highest BCUT2D eigenvalue weighted by atomic mass is 16.5. The summed E-state index contributed by atoms with van der Waals surface area (Å²) in [6, 6.07) is 7.66. The number of carbonyl (C=O) groups is 1. The maximum Gasteiger partial charge on any atom is 0.236 e. The predicted molar refractivity (Wildman–Crippen MR) is 88.4 cm³/mol. The SMILES string of the molecule is COc1cccc(C2(O)CCN(CC(=O)N3CCCC3)CC2)c1. The van der Waals surface area contributed by atoms with Crippen molar-refractivity contribution >= 4 is 5.91 Å². The lowest BCUT2D eigenvalue weighted by Gasteiger charge is -2.38. The fourth-order valence-corrected chi connectivity index (χ4v) is 3.54. The van der Waals surface area contributed by atoms with Crippen molar-refractivity contribution < 1.29 is 14.6 Å². The molecule has 3 rings (SSSR count). The molecular weight excluding hydrogens is 292 g/mol. The Balaban J connectivity index is 1.57. The number of carbonyl (C=O) groups excluding carboxylic acids is 1. The summed E-state index contributed by atoms with van der Waals surface area (Å²) in [5, 5.41) is 10.9. The van der Waals surface area contributed by atoms with Crippen LogP contribution in [0.25, 0.3) is 0 Å². The molecule has 2 aliphatic heterocycles. The van der Waals surface area contributed by atoms with Crippen LogP contribution in [0.4, 0.5) is 0 Å². The van der Waals surface area contributed by atoms with Crippen LogP contribution in [-0.2, 0) is 10.4 Å². The molecule has 0 unspecified atom stereocenters. The Morgan fingerprint density at radius 2 is 1.91 bits per heavy atom. The summed E-state index contributed by atoms with van der Waals surface area (Å²) in [4.78, 5) is 16.4. The van der Waals surface area contributed by atoms with Gasteiger partial charge < -0.3 is 14.7 Å². The Labute approximate surface area is 137 Å². The van der Waals surface area contributed by atoms with Gasteiger partial charge in [-0.05, 0) is 43.4 Å². The number of hydrogen-bond acceptors (Lipinski definition) is 4. The molecular formula is C18H26N2O3. The van der Waals surface area contributed by atoms with Gasteiger partial charge in [0.25, 0.3) is 0 Å². The number of likely N-dealkylation sites (tertiary alicyclic amines) is 2. The number of hydrogen-bond donors (Lipinski definition) is 1. The first-order valence-electron chi connectivity index (χ1n) is 8.48. The third-order valence-electron chi connectivity index (χ3n) is 5.11. The van der Waals surface area contributed by atoms with Crippen LogP contribution in [-0.4, -0.2) is 60.6 Å². The van der Waals surface area contributed by atoms with Crippen molar-refractivity contribution in [2.75, 3.05) is 39.8 Å². The summed E-state index contributed by atoms with van der Waals surface area (Å²) in [6.45, 7) is 3.77. The molecule has 1 amide bonds. The molecule has 0 bridgehead atoms. The largest absolute Gasteiger partial charge is 0.497 e. The molecule has 0 atom stereocenters.